The first kappa shape index (κ1) is 12.0. The number of hydrogen-bond acceptors (Lipinski definition) is 6. The van der Waals surface area contributed by atoms with Gasteiger partial charge in [0.05, 0.1) is 17.7 Å². The van der Waals surface area contributed by atoms with Gasteiger partial charge in [0.15, 0.2) is 5.82 Å². The predicted octanol–water partition coefficient (Wildman–Crippen LogP) is 0.268. The van der Waals surface area contributed by atoms with Crippen LogP contribution >= 0.6 is 11.8 Å². The Bertz CT molecular complexity index is 430. The van der Waals surface area contributed by atoms with E-state index < -0.39 is 0 Å². The lowest BCUT2D eigenvalue weighted by Gasteiger charge is -2.21. The smallest absolute Gasteiger partial charge is 0.237 e. The Morgan fingerprint density at radius 3 is 3.17 bits per heavy atom. The molecule has 2 saturated heterocycles. The molecule has 18 heavy (non-hydrogen) atoms. The van der Waals surface area contributed by atoms with Crippen molar-refractivity contribution in [3.63, 3.8) is 0 Å². The van der Waals surface area contributed by atoms with Crippen LogP contribution in [0.5, 0.6) is 0 Å². The number of thioether (sulfide) groups is 1. The van der Waals surface area contributed by atoms with E-state index in [1.165, 1.54) is 12.2 Å². The molecule has 3 rings (SSSR count). The maximum absolute atomic E-state index is 11.6. The lowest BCUT2D eigenvalue weighted by atomic mass is 10.1. The van der Waals surface area contributed by atoms with Crippen LogP contribution in [0.4, 0.5) is 0 Å². The van der Waals surface area contributed by atoms with Crippen molar-refractivity contribution in [2.75, 3.05) is 18.8 Å². The molecule has 0 saturated carbocycles. The first-order chi connectivity index (χ1) is 8.83. The summed E-state index contributed by atoms with van der Waals surface area (Å²) in [4.78, 5) is 16.0. The van der Waals surface area contributed by atoms with Crippen LogP contribution in [-0.2, 0) is 11.2 Å². The Hall–Kier alpha value is -1.08. The van der Waals surface area contributed by atoms with Crippen LogP contribution < -0.4 is 10.6 Å². The Labute approximate surface area is 109 Å². The van der Waals surface area contributed by atoms with E-state index in [0.29, 0.717) is 24.1 Å². The molecule has 1 amide bonds. The zero-order valence-electron chi connectivity index (χ0n) is 10.0. The number of amides is 1. The van der Waals surface area contributed by atoms with Gasteiger partial charge in [-0.15, -0.1) is 0 Å². The van der Waals surface area contributed by atoms with E-state index in [2.05, 4.69) is 20.8 Å². The van der Waals surface area contributed by atoms with E-state index >= 15 is 0 Å². The van der Waals surface area contributed by atoms with Gasteiger partial charge in [0, 0.05) is 13.1 Å². The normalized spacial score (nSPS) is 28.3. The second-order valence-electron chi connectivity index (χ2n) is 4.55. The molecule has 2 N–H and O–H groups in total. The summed E-state index contributed by atoms with van der Waals surface area (Å²) in [5.74, 6) is 2.51. The van der Waals surface area contributed by atoms with Gasteiger partial charge in [0.1, 0.15) is 0 Å². The first-order valence-corrected chi connectivity index (χ1v) is 7.33. The molecule has 7 heteroatoms. The average Bonchev–Trinajstić information content (AvgIpc) is 3.02. The molecule has 0 aliphatic carbocycles. The zero-order valence-corrected chi connectivity index (χ0v) is 10.8. The summed E-state index contributed by atoms with van der Waals surface area (Å²) in [5.41, 5.74) is 0. The van der Waals surface area contributed by atoms with Gasteiger partial charge in [-0.2, -0.15) is 16.7 Å². The highest BCUT2D eigenvalue weighted by Gasteiger charge is 2.26. The molecule has 0 aromatic carbocycles. The standard InChI is InChI=1S/C11H16N4O2S/c16-11-7(12-3-4-13-11)6-9-14-10(15-17-9)8-2-1-5-18-8/h7-8,12H,1-6H2,(H,13,16). The van der Waals surface area contributed by atoms with Gasteiger partial charge in [-0.05, 0) is 18.6 Å². The molecule has 2 fully saturated rings. The van der Waals surface area contributed by atoms with Gasteiger partial charge in [0.25, 0.3) is 0 Å². The van der Waals surface area contributed by atoms with Gasteiger partial charge >= 0.3 is 0 Å². The van der Waals surface area contributed by atoms with E-state index in [1.54, 1.807) is 0 Å². The molecule has 98 valence electrons. The SMILES string of the molecule is O=C1NCCNC1Cc1nc(C2CCCS2)no1. The number of rotatable bonds is 3. The van der Waals surface area contributed by atoms with E-state index in [0.717, 1.165) is 18.8 Å². The first-order valence-electron chi connectivity index (χ1n) is 6.28. The fourth-order valence-corrected chi connectivity index (χ4v) is 3.45. The summed E-state index contributed by atoms with van der Waals surface area (Å²) in [6.45, 7) is 1.47. The molecular weight excluding hydrogens is 252 g/mol. The van der Waals surface area contributed by atoms with Crippen LogP contribution in [0.15, 0.2) is 4.52 Å². The average molecular weight is 268 g/mol. The summed E-state index contributed by atoms with van der Waals surface area (Å²) in [6, 6.07) is -0.247. The van der Waals surface area contributed by atoms with Crippen molar-refractivity contribution >= 4 is 17.7 Å². The Balaban J connectivity index is 1.64. The number of hydrogen-bond donors (Lipinski definition) is 2. The van der Waals surface area contributed by atoms with E-state index in [-0.39, 0.29) is 11.9 Å². The topological polar surface area (TPSA) is 80.0 Å². The van der Waals surface area contributed by atoms with E-state index in [1.807, 2.05) is 11.8 Å². The Morgan fingerprint density at radius 1 is 1.44 bits per heavy atom. The summed E-state index contributed by atoms with van der Waals surface area (Å²) in [5, 5.41) is 10.4. The van der Waals surface area contributed by atoms with Crippen molar-refractivity contribution in [1.29, 1.82) is 0 Å². The molecule has 3 heterocycles. The van der Waals surface area contributed by atoms with Crippen molar-refractivity contribution in [3.8, 4) is 0 Å². The molecule has 0 spiro atoms. The molecule has 1 aromatic rings. The summed E-state index contributed by atoms with van der Waals surface area (Å²) in [7, 11) is 0. The number of nitrogens with one attached hydrogen (secondary N) is 2. The van der Waals surface area contributed by atoms with Crippen molar-refractivity contribution in [2.45, 2.75) is 30.6 Å². The van der Waals surface area contributed by atoms with E-state index in [9.17, 15) is 4.79 Å². The van der Waals surface area contributed by atoms with Crippen LogP contribution in [0, 0.1) is 0 Å². The predicted molar refractivity (Wildman–Crippen MR) is 67.2 cm³/mol. The van der Waals surface area contributed by atoms with Crippen LogP contribution in [0.1, 0.15) is 29.8 Å². The van der Waals surface area contributed by atoms with Gasteiger partial charge in [0.2, 0.25) is 11.8 Å². The molecule has 0 radical (unpaired) electrons. The molecule has 0 bridgehead atoms. The Kier molecular flexibility index (Phi) is 3.51. The van der Waals surface area contributed by atoms with Crippen molar-refractivity contribution in [1.82, 2.24) is 20.8 Å². The third-order valence-corrected chi connectivity index (χ3v) is 4.58. The van der Waals surface area contributed by atoms with Crippen LogP contribution in [0.3, 0.4) is 0 Å². The second kappa shape index (κ2) is 5.27. The highest BCUT2D eigenvalue weighted by molar-refractivity contribution is 7.99. The largest absolute Gasteiger partial charge is 0.353 e. The number of carbonyl (C=O) groups is 1. The molecule has 2 aliphatic rings. The summed E-state index contributed by atoms with van der Waals surface area (Å²) < 4.78 is 5.23. The van der Waals surface area contributed by atoms with Gasteiger partial charge in [-0.1, -0.05) is 5.16 Å². The lowest BCUT2D eigenvalue weighted by Crippen LogP contribution is -2.53. The minimum absolute atomic E-state index is 0.0104. The molecular formula is C11H16N4O2S. The van der Waals surface area contributed by atoms with Gasteiger partial charge < -0.3 is 15.2 Å². The number of piperazine rings is 1. The maximum atomic E-state index is 11.6. The number of nitrogens with zero attached hydrogens (tertiary/aromatic N) is 2. The minimum Gasteiger partial charge on any atom is -0.353 e. The highest BCUT2D eigenvalue weighted by atomic mass is 32.2. The molecule has 1 aromatic heterocycles. The Morgan fingerprint density at radius 2 is 2.39 bits per heavy atom. The van der Waals surface area contributed by atoms with Crippen molar-refractivity contribution in [3.05, 3.63) is 11.7 Å². The highest BCUT2D eigenvalue weighted by Crippen LogP contribution is 2.38. The number of aromatic nitrogens is 2. The fourth-order valence-electron chi connectivity index (χ4n) is 2.25. The molecule has 6 nitrogen and oxygen atoms in total. The third-order valence-electron chi connectivity index (χ3n) is 3.21. The van der Waals surface area contributed by atoms with Crippen LogP contribution in [0.25, 0.3) is 0 Å². The summed E-state index contributed by atoms with van der Waals surface area (Å²) >= 11 is 1.88. The third kappa shape index (κ3) is 2.51. The minimum atomic E-state index is -0.247. The molecule has 2 unspecified atom stereocenters. The van der Waals surface area contributed by atoms with Crippen molar-refractivity contribution < 1.29 is 9.32 Å². The summed E-state index contributed by atoms with van der Waals surface area (Å²) in [6.07, 6.45) is 2.80. The van der Waals surface area contributed by atoms with Gasteiger partial charge in [-0.25, -0.2) is 0 Å². The van der Waals surface area contributed by atoms with E-state index in [4.69, 9.17) is 4.52 Å². The second-order valence-corrected chi connectivity index (χ2v) is 5.86. The maximum Gasteiger partial charge on any atom is 0.237 e. The van der Waals surface area contributed by atoms with Crippen LogP contribution in [0.2, 0.25) is 0 Å². The zero-order chi connectivity index (χ0) is 12.4. The molecule has 2 atom stereocenters. The quantitative estimate of drug-likeness (QED) is 0.819. The monoisotopic (exact) mass is 268 g/mol. The van der Waals surface area contributed by atoms with Gasteiger partial charge in [-0.3, -0.25) is 4.79 Å². The fraction of sp³-hybridized carbons (Fsp3) is 0.727. The number of carbonyl (C=O) groups excluding carboxylic acids is 1. The van der Waals surface area contributed by atoms with Crippen molar-refractivity contribution in [2.24, 2.45) is 0 Å². The van der Waals surface area contributed by atoms with Crippen LogP contribution in [-0.4, -0.2) is 40.9 Å². The molecule has 2 aliphatic heterocycles. The lowest BCUT2D eigenvalue weighted by molar-refractivity contribution is -0.124.